The van der Waals surface area contributed by atoms with Gasteiger partial charge in [0, 0.05) is 12.5 Å². The molecule has 0 bridgehead atoms. The van der Waals surface area contributed by atoms with Gasteiger partial charge in [-0.05, 0) is 44.6 Å². The van der Waals surface area contributed by atoms with E-state index in [0.29, 0.717) is 5.92 Å². The first-order valence-corrected chi connectivity index (χ1v) is 6.93. The van der Waals surface area contributed by atoms with Crippen LogP contribution in [0.4, 0.5) is 0 Å². The summed E-state index contributed by atoms with van der Waals surface area (Å²) in [5.41, 5.74) is 7.84. The maximum absolute atomic E-state index is 11.3. The number of hydrogen-bond acceptors (Lipinski definition) is 3. The van der Waals surface area contributed by atoms with Crippen molar-refractivity contribution in [1.82, 2.24) is 0 Å². The Bertz CT molecular complexity index is 388. The summed E-state index contributed by atoms with van der Waals surface area (Å²) in [5, 5.41) is 16.7. The SMILES string of the molecule is C.CC(=O)O.CC(C)C1=C(C(C)(C)N)C(C(=O)O)CCC1. The maximum atomic E-state index is 11.3. The first-order valence-electron chi connectivity index (χ1n) is 6.93. The Morgan fingerprint density at radius 1 is 1.29 bits per heavy atom. The molecule has 21 heavy (non-hydrogen) atoms. The summed E-state index contributed by atoms with van der Waals surface area (Å²) < 4.78 is 0. The van der Waals surface area contributed by atoms with Crippen molar-refractivity contribution >= 4 is 11.9 Å². The highest BCUT2D eigenvalue weighted by atomic mass is 16.4. The molecule has 1 unspecified atom stereocenters. The van der Waals surface area contributed by atoms with Crippen molar-refractivity contribution in [3.8, 4) is 0 Å². The van der Waals surface area contributed by atoms with E-state index < -0.39 is 17.5 Å². The average molecular weight is 301 g/mol. The van der Waals surface area contributed by atoms with Gasteiger partial charge in [0.1, 0.15) is 0 Å². The second-order valence-corrected chi connectivity index (χ2v) is 6.12. The van der Waals surface area contributed by atoms with Gasteiger partial charge in [0.2, 0.25) is 0 Å². The van der Waals surface area contributed by atoms with E-state index in [4.69, 9.17) is 15.6 Å². The van der Waals surface area contributed by atoms with E-state index in [9.17, 15) is 9.90 Å². The lowest BCUT2D eigenvalue weighted by atomic mass is 9.72. The fourth-order valence-electron chi connectivity index (χ4n) is 2.71. The van der Waals surface area contributed by atoms with Crippen molar-refractivity contribution in [2.24, 2.45) is 17.6 Å². The summed E-state index contributed by atoms with van der Waals surface area (Å²) in [6.45, 7) is 9.13. The van der Waals surface area contributed by atoms with Crippen LogP contribution in [0.25, 0.3) is 0 Å². The molecule has 0 aromatic heterocycles. The Labute approximate surface area is 128 Å². The third kappa shape index (κ3) is 7.27. The van der Waals surface area contributed by atoms with Crippen LogP contribution in [0.5, 0.6) is 0 Å². The van der Waals surface area contributed by atoms with Gasteiger partial charge < -0.3 is 15.9 Å². The molecule has 124 valence electrons. The standard InChI is InChI=1S/C13H23NO2.C2H4O2.CH4/c1-8(2)9-6-5-7-10(12(15)16)11(9)13(3,4)14;1-2(3)4;/h8,10H,5-7,14H2,1-4H3,(H,15,16);1H3,(H,3,4);1H4. The van der Waals surface area contributed by atoms with E-state index in [1.165, 1.54) is 5.57 Å². The van der Waals surface area contributed by atoms with Crippen LogP contribution in [-0.4, -0.2) is 27.7 Å². The van der Waals surface area contributed by atoms with E-state index in [0.717, 1.165) is 31.8 Å². The molecule has 0 fully saturated rings. The molecule has 1 atom stereocenters. The Balaban J connectivity index is 0. The minimum atomic E-state index is -0.833. The third-order valence-electron chi connectivity index (χ3n) is 3.32. The van der Waals surface area contributed by atoms with E-state index in [1.54, 1.807) is 0 Å². The number of rotatable bonds is 3. The fraction of sp³-hybridized carbons (Fsp3) is 0.750. The predicted molar refractivity (Wildman–Crippen MR) is 85.1 cm³/mol. The average Bonchev–Trinajstić information content (AvgIpc) is 2.25. The number of allylic oxidation sites excluding steroid dienone is 1. The van der Waals surface area contributed by atoms with Crippen molar-refractivity contribution in [2.45, 2.75) is 66.8 Å². The molecule has 0 aromatic carbocycles. The van der Waals surface area contributed by atoms with Gasteiger partial charge in [0.05, 0.1) is 5.92 Å². The van der Waals surface area contributed by atoms with Crippen molar-refractivity contribution in [1.29, 1.82) is 0 Å². The monoisotopic (exact) mass is 301 g/mol. The molecule has 0 saturated heterocycles. The number of hydrogen-bond donors (Lipinski definition) is 3. The molecule has 0 aromatic rings. The van der Waals surface area contributed by atoms with Gasteiger partial charge in [0.25, 0.3) is 5.97 Å². The zero-order chi connectivity index (χ0) is 16.1. The third-order valence-corrected chi connectivity index (χ3v) is 3.32. The van der Waals surface area contributed by atoms with Gasteiger partial charge in [-0.2, -0.15) is 0 Å². The molecule has 1 aliphatic rings. The summed E-state index contributed by atoms with van der Waals surface area (Å²) in [6, 6.07) is 0. The molecule has 0 spiro atoms. The Morgan fingerprint density at radius 2 is 1.71 bits per heavy atom. The van der Waals surface area contributed by atoms with E-state index in [2.05, 4.69) is 13.8 Å². The molecule has 0 radical (unpaired) electrons. The van der Waals surface area contributed by atoms with Crippen LogP contribution >= 0.6 is 0 Å². The summed E-state index contributed by atoms with van der Waals surface area (Å²) in [5.74, 6) is -1.56. The van der Waals surface area contributed by atoms with Gasteiger partial charge in [-0.1, -0.05) is 26.8 Å². The second-order valence-electron chi connectivity index (χ2n) is 6.12. The number of carbonyl (C=O) groups is 2. The molecule has 4 N–H and O–H groups in total. The van der Waals surface area contributed by atoms with E-state index in [-0.39, 0.29) is 13.3 Å². The van der Waals surface area contributed by atoms with Gasteiger partial charge in [-0.15, -0.1) is 0 Å². The van der Waals surface area contributed by atoms with E-state index in [1.807, 2.05) is 13.8 Å². The van der Waals surface area contributed by atoms with Gasteiger partial charge >= 0.3 is 5.97 Å². The lowest BCUT2D eigenvalue weighted by Crippen LogP contribution is -2.42. The van der Waals surface area contributed by atoms with Crippen LogP contribution in [-0.2, 0) is 9.59 Å². The highest BCUT2D eigenvalue weighted by molar-refractivity contribution is 5.75. The van der Waals surface area contributed by atoms with Crippen molar-refractivity contribution in [3.63, 3.8) is 0 Å². The van der Waals surface area contributed by atoms with Gasteiger partial charge in [-0.25, -0.2) is 0 Å². The van der Waals surface area contributed by atoms with Gasteiger partial charge in [-0.3, -0.25) is 9.59 Å². The number of carboxylic acids is 2. The number of nitrogens with two attached hydrogens (primary N) is 1. The Morgan fingerprint density at radius 3 is 2.00 bits per heavy atom. The summed E-state index contributed by atoms with van der Waals surface area (Å²) >= 11 is 0. The van der Waals surface area contributed by atoms with Gasteiger partial charge in [0.15, 0.2) is 0 Å². The van der Waals surface area contributed by atoms with Crippen LogP contribution in [0.15, 0.2) is 11.1 Å². The first-order chi connectivity index (χ1) is 8.98. The van der Waals surface area contributed by atoms with E-state index >= 15 is 0 Å². The molecule has 1 aliphatic carbocycles. The molecule has 0 heterocycles. The van der Waals surface area contributed by atoms with Crippen LogP contribution in [0.3, 0.4) is 0 Å². The zero-order valence-corrected chi connectivity index (χ0v) is 13.1. The number of carboxylic acid groups (broad SMARTS) is 2. The van der Waals surface area contributed by atoms with Crippen molar-refractivity contribution < 1.29 is 19.8 Å². The van der Waals surface area contributed by atoms with Crippen molar-refractivity contribution in [2.75, 3.05) is 0 Å². The minimum absolute atomic E-state index is 0. The molecule has 0 amide bonds. The molecule has 0 aliphatic heterocycles. The first kappa shape index (κ1) is 21.9. The lowest BCUT2D eigenvalue weighted by Gasteiger charge is -2.36. The molecular weight excluding hydrogens is 270 g/mol. The highest BCUT2D eigenvalue weighted by Gasteiger charge is 2.36. The highest BCUT2D eigenvalue weighted by Crippen LogP contribution is 2.38. The largest absolute Gasteiger partial charge is 0.481 e. The Hall–Kier alpha value is -1.36. The normalized spacial score (nSPS) is 18.5. The number of aliphatic carboxylic acids is 2. The second kappa shape index (κ2) is 8.82. The lowest BCUT2D eigenvalue weighted by molar-refractivity contribution is -0.141. The maximum Gasteiger partial charge on any atom is 0.310 e. The summed E-state index contributed by atoms with van der Waals surface area (Å²) in [6.07, 6.45) is 2.68. The smallest absolute Gasteiger partial charge is 0.310 e. The molecule has 0 saturated carbocycles. The fourth-order valence-corrected chi connectivity index (χ4v) is 2.71. The predicted octanol–water partition coefficient (Wildman–Crippen LogP) is 3.29. The van der Waals surface area contributed by atoms with Crippen LogP contribution in [0.2, 0.25) is 0 Å². The van der Waals surface area contributed by atoms with Crippen molar-refractivity contribution in [3.05, 3.63) is 11.1 Å². The summed E-state index contributed by atoms with van der Waals surface area (Å²) in [7, 11) is 0. The minimum Gasteiger partial charge on any atom is -0.481 e. The molecule has 1 rings (SSSR count). The molecule has 5 heteroatoms. The molecule has 5 nitrogen and oxygen atoms in total. The quantitative estimate of drug-likeness (QED) is 0.694. The Kier molecular flexibility index (Phi) is 9.21. The van der Waals surface area contributed by atoms with Crippen LogP contribution < -0.4 is 5.73 Å². The zero-order valence-electron chi connectivity index (χ0n) is 13.1. The van der Waals surface area contributed by atoms with Crippen LogP contribution in [0, 0.1) is 11.8 Å². The molecular formula is C16H31NO4. The van der Waals surface area contributed by atoms with Crippen LogP contribution in [0.1, 0.15) is 61.3 Å². The topological polar surface area (TPSA) is 101 Å². The summed E-state index contributed by atoms with van der Waals surface area (Å²) in [4.78, 5) is 20.3.